The first-order valence-electron chi connectivity index (χ1n) is 15.6. The number of hydrogen-bond acceptors (Lipinski definition) is 2. The molecule has 0 saturated carbocycles. The number of rotatable bonds is 3. The first-order valence-corrected chi connectivity index (χ1v) is 15.6. The summed E-state index contributed by atoms with van der Waals surface area (Å²) in [6, 6.07) is 50.3. The minimum Gasteiger partial charge on any atom is -0.465 e. The average Bonchev–Trinajstić information content (AvgIpc) is 3.81. The summed E-state index contributed by atoms with van der Waals surface area (Å²) >= 11 is 0. The highest BCUT2D eigenvalue weighted by molar-refractivity contribution is 6.21. The molecule has 0 amide bonds. The summed E-state index contributed by atoms with van der Waals surface area (Å²) in [5, 5.41) is 6.36. The van der Waals surface area contributed by atoms with Crippen LogP contribution in [0.15, 0.2) is 154 Å². The van der Waals surface area contributed by atoms with Gasteiger partial charge in [-0.1, -0.05) is 115 Å². The van der Waals surface area contributed by atoms with Crippen LogP contribution in [0.3, 0.4) is 0 Å². The number of para-hydroxylation sites is 4. The van der Waals surface area contributed by atoms with E-state index < -0.39 is 0 Å². The molecule has 0 unspecified atom stereocenters. The molecule has 4 nitrogen and oxygen atoms in total. The van der Waals surface area contributed by atoms with E-state index in [0.29, 0.717) is 11.3 Å². The van der Waals surface area contributed by atoms with Crippen LogP contribution < -0.4 is 0 Å². The van der Waals surface area contributed by atoms with E-state index in [9.17, 15) is 0 Å². The lowest BCUT2D eigenvalue weighted by Gasteiger charge is -2.09. The van der Waals surface area contributed by atoms with Crippen molar-refractivity contribution >= 4 is 71.4 Å². The van der Waals surface area contributed by atoms with Gasteiger partial charge in [0.15, 0.2) is 5.58 Å². The summed E-state index contributed by atoms with van der Waals surface area (Å²) in [4.78, 5) is 3.88. The monoisotopic (exact) mass is 600 g/mol. The Balaban J connectivity index is 1.28. The van der Waals surface area contributed by atoms with Crippen molar-refractivity contribution in [3.63, 3.8) is 0 Å². The fraction of sp³-hybridized carbons (Fsp3) is 0. The molecule has 0 aliphatic carbocycles. The second-order valence-corrected chi connectivity index (χ2v) is 11.9. The van der Waals surface area contributed by atoms with Crippen LogP contribution in [-0.2, 0) is 0 Å². The lowest BCUT2D eigenvalue weighted by molar-refractivity contribution is 0.668. The van der Waals surface area contributed by atoms with Gasteiger partial charge in [0.05, 0.1) is 23.3 Å². The molecular formula is C43H24N2O2. The molecule has 7 aromatic carbocycles. The fourth-order valence-electron chi connectivity index (χ4n) is 7.36. The van der Waals surface area contributed by atoms with Crippen molar-refractivity contribution in [2.24, 2.45) is 0 Å². The minimum atomic E-state index is 0.484. The van der Waals surface area contributed by atoms with E-state index >= 15 is 0 Å². The molecule has 0 aliphatic heterocycles. The topological polar surface area (TPSA) is 35.6 Å². The molecule has 0 saturated heterocycles. The van der Waals surface area contributed by atoms with Gasteiger partial charge in [-0.15, -0.1) is 0 Å². The van der Waals surface area contributed by atoms with Gasteiger partial charge in [-0.2, -0.15) is 0 Å². The zero-order chi connectivity index (χ0) is 31.1. The molecule has 0 spiro atoms. The number of aromatic nitrogens is 1. The summed E-state index contributed by atoms with van der Waals surface area (Å²) in [6.45, 7) is 8.02. The third kappa shape index (κ3) is 3.63. The standard InChI is InChI=1S/C43H24N2O2/c1-44-35-23-22-30(32-16-9-15-31-29-14-6-8-20-39(29)46-41(31)32)40-33-17-10-19-38(42(33)47-43(35)40)45-36-18-7-5-13-28(36)34-25-27(21-24-37(34)45)26-11-3-2-4-12-26/h2-25H. The Morgan fingerprint density at radius 1 is 0.468 bits per heavy atom. The molecule has 0 bridgehead atoms. The summed E-state index contributed by atoms with van der Waals surface area (Å²) in [5.41, 5.74) is 10.9. The quantitative estimate of drug-likeness (QED) is 0.189. The fourth-order valence-corrected chi connectivity index (χ4v) is 7.36. The van der Waals surface area contributed by atoms with Crippen LogP contribution in [0.5, 0.6) is 0 Å². The molecule has 0 N–H and O–H groups in total. The highest BCUT2D eigenvalue weighted by atomic mass is 16.3. The number of furan rings is 2. The van der Waals surface area contributed by atoms with E-state index in [1.807, 2.05) is 36.4 Å². The first kappa shape index (κ1) is 25.7. The van der Waals surface area contributed by atoms with Gasteiger partial charge in [-0.25, -0.2) is 4.85 Å². The van der Waals surface area contributed by atoms with Gasteiger partial charge >= 0.3 is 0 Å². The number of fused-ring (bicyclic) bond motifs is 9. The van der Waals surface area contributed by atoms with Gasteiger partial charge in [0, 0.05) is 37.9 Å². The van der Waals surface area contributed by atoms with Crippen LogP contribution in [0.1, 0.15) is 0 Å². The SMILES string of the molecule is [C-]#[N+]c1ccc(-c2cccc3c2oc2ccccc23)c2c1oc1c(-n3c4ccccc4c4cc(-c5ccccc5)ccc43)cccc12. The maximum absolute atomic E-state index is 8.02. The maximum atomic E-state index is 8.02. The van der Waals surface area contributed by atoms with Crippen LogP contribution in [0.25, 0.3) is 98.5 Å². The summed E-state index contributed by atoms with van der Waals surface area (Å²) < 4.78 is 15.5. The third-order valence-electron chi connectivity index (χ3n) is 9.44. The van der Waals surface area contributed by atoms with Gasteiger partial charge in [0.2, 0.25) is 5.69 Å². The van der Waals surface area contributed by atoms with Crippen molar-refractivity contribution in [2.75, 3.05) is 0 Å². The van der Waals surface area contributed by atoms with Crippen molar-refractivity contribution in [1.29, 1.82) is 0 Å². The highest BCUT2D eigenvalue weighted by Gasteiger charge is 2.23. The second kappa shape index (κ2) is 9.71. The zero-order valence-electron chi connectivity index (χ0n) is 25.1. The molecule has 0 fully saturated rings. The molecular weight excluding hydrogens is 576 g/mol. The van der Waals surface area contributed by atoms with Crippen molar-refractivity contribution in [1.82, 2.24) is 4.57 Å². The molecule has 3 heterocycles. The van der Waals surface area contributed by atoms with Crippen LogP contribution >= 0.6 is 0 Å². The number of nitrogens with zero attached hydrogens (tertiary/aromatic N) is 2. The number of benzene rings is 7. The highest BCUT2D eigenvalue weighted by Crippen LogP contribution is 2.46. The largest absolute Gasteiger partial charge is 0.465 e. The van der Waals surface area contributed by atoms with Crippen LogP contribution in [0.4, 0.5) is 5.69 Å². The van der Waals surface area contributed by atoms with Crippen molar-refractivity contribution in [2.45, 2.75) is 0 Å². The Hall–Kier alpha value is -6.57. The smallest absolute Gasteiger partial charge is 0.229 e. The Labute approximate surface area is 269 Å². The summed E-state index contributed by atoms with van der Waals surface area (Å²) in [5.74, 6) is 0. The van der Waals surface area contributed by atoms with E-state index in [1.165, 1.54) is 21.9 Å². The molecule has 218 valence electrons. The summed E-state index contributed by atoms with van der Waals surface area (Å²) in [6.07, 6.45) is 0. The van der Waals surface area contributed by atoms with Crippen LogP contribution in [-0.4, -0.2) is 4.57 Å². The predicted octanol–water partition coefficient (Wildman–Crippen LogP) is 12.5. The molecule has 0 aliphatic rings. The van der Waals surface area contributed by atoms with E-state index in [1.54, 1.807) is 0 Å². The lowest BCUT2D eigenvalue weighted by atomic mass is 9.97. The van der Waals surface area contributed by atoms with Gasteiger partial charge < -0.3 is 13.4 Å². The Kier molecular flexibility index (Phi) is 5.32. The van der Waals surface area contributed by atoms with E-state index in [0.717, 1.165) is 66.1 Å². The van der Waals surface area contributed by atoms with E-state index in [-0.39, 0.29) is 0 Å². The summed E-state index contributed by atoms with van der Waals surface area (Å²) in [7, 11) is 0. The first-order chi connectivity index (χ1) is 23.3. The van der Waals surface area contributed by atoms with E-state index in [2.05, 4.69) is 119 Å². The lowest BCUT2D eigenvalue weighted by Crippen LogP contribution is -1.94. The predicted molar refractivity (Wildman–Crippen MR) is 192 cm³/mol. The molecule has 3 aromatic heterocycles. The average molecular weight is 601 g/mol. The molecule has 0 radical (unpaired) electrons. The molecule has 4 heteroatoms. The Bertz CT molecular complexity index is 2920. The van der Waals surface area contributed by atoms with Gasteiger partial charge in [-0.3, -0.25) is 0 Å². The van der Waals surface area contributed by atoms with Crippen molar-refractivity contribution < 1.29 is 8.83 Å². The minimum absolute atomic E-state index is 0.484. The molecule has 10 rings (SSSR count). The van der Waals surface area contributed by atoms with Crippen LogP contribution in [0.2, 0.25) is 0 Å². The molecule has 0 atom stereocenters. The van der Waals surface area contributed by atoms with E-state index in [4.69, 9.17) is 15.4 Å². The second-order valence-electron chi connectivity index (χ2n) is 11.9. The Morgan fingerprint density at radius 3 is 2.11 bits per heavy atom. The Morgan fingerprint density at radius 2 is 1.21 bits per heavy atom. The normalized spacial score (nSPS) is 11.8. The van der Waals surface area contributed by atoms with Crippen LogP contribution in [0, 0.1) is 6.57 Å². The maximum Gasteiger partial charge on any atom is 0.229 e. The van der Waals surface area contributed by atoms with Gasteiger partial charge in [0.1, 0.15) is 16.7 Å². The molecule has 10 aromatic rings. The zero-order valence-corrected chi connectivity index (χ0v) is 25.1. The third-order valence-corrected chi connectivity index (χ3v) is 9.44. The molecule has 47 heavy (non-hydrogen) atoms. The van der Waals surface area contributed by atoms with Crippen molar-refractivity contribution in [3.8, 4) is 27.9 Å². The van der Waals surface area contributed by atoms with Gasteiger partial charge in [-0.05, 0) is 47.0 Å². The van der Waals surface area contributed by atoms with Gasteiger partial charge in [0.25, 0.3) is 0 Å². The van der Waals surface area contributed by atoms with Crippen molar-refractivity contribution in [3.05, 3.63) is 157 Å². The number of hydrogen-bond donors (Lipinski definition) is 0.